The molecule has 0 unspecified atom stereocenters. The lowest BCUT2D eigenvalue weighted by molar-refractivity contribution is 0.205. The molecule has 0 amide bonds. The highest BCUT2D eigenvalue weighted by atomic mass is 16.5. The fraction of sp³-hybridized carbons (Fsp3) is 0.733. The Bertz CT molecular complexity index is 395. The Kier molecular flexibility index (Phi) is 7.47. The third kappa shape index (κ3) is 4.72. The number of likely N-dealkylation sites (N-methyl/N-ethyl adjacent to an activating group) is 1. The molecule has 0 aliphatic heterocycles. The molecule has 1 heterocycles. The van der Waals surface area contributed by atoms with Gasteiger partial charge in [0, 0.05) is 32.7 Å². The number of anilines is 1. The molecule has 0 bridgehead atoms. The Labute approximate surface area is 122 Å². The summed E-state index contributed by atoms with van der Waals surface area (Å²) in [5, 5.41) is 3.36. The highest BCUT2D eigenvalue weighted by Crippen LogP contribution is 2.20. The zero-order chi connectivity index (χ0) is 15.0. The normalized spacial score (nSPS) is 11.1. The molecule has 0 aliphatic carbocycles. The van der Waals surface area contributed by atoms with E-state index in [1.807, 2.05) is 6.20 Å². The van der Waals surface area contributed by atoms with Gasteiger partial charge in [-0.05, 0) is 13.5 Å². The van der Waals surface area contributed by atoms with Crippen LogP contribution in [0.15, 0.2) is 6.20 Å². The predicted molar refractivity (Wildman–Crippen MR) is 83.3 cm³/mol. The minimum Gasteiger partial charge on any atom is -0.383 e. The van der Waals surface area contributed by atoms with E-state index in [9.17, 15) is 0 Å². The molecule has 5 heteroatoms. The van der Waals surface area contributed by atoms with Crippen LogP contribution >= 0.6 is 0 Å². The van der Waals surface area contributed by atoms with Gasteiger partial charge in [-0.1, -0.05) is 20.8 Å². The third-order valence-electron chi connectivity index (χ3n) is 3.21. The third-order valence-corrected chi connectivity index (χ3v) is 3.21. The number of hydrogen-bond acceptors (Lipinski definition) is 5. The summed E-state index contributed by atoms with van der Waals surface area (Å²) in [6, 6.07) is 0. The Morgan fingerprint density at radius 2 is 2.10 bits per heavy atom. The van der Waals surface area contributed by atoms with E-state index in [1.54, 1.807) is 7.11 Å². The van der Waals surface area contributed by atoms with Crippen molar-refractivity contribution in [1.82, 2.24) is 15.3 Å². The number of ether oxygens (including phenoxy) is 1. The fourth-order valence-corrected chi connectivity index (χ4v) is 1.99. The van der Waals surface area contributed by atoms with Gasteiger partial charge in [0.25, 0.3) is 0 Å². The van der Waals surface area contributed by atoms with Crippen LogP contribution in [-0.4, -0.2) is 43.3 Å². The van der Waals surface area contributed by atoms with E-state index in [1.165, 1.54) is 0 Å². The minimum atomic E-state index is 0.346. The molecule has 0 aliphatic rings. The number of methoxy groups -OCH3 is 1. The maximum Gasteiger partial charge on any atom is 0.131 e. The average Bonchev–Trinajstić information content (AvgIpc) is 2.46. The zero-order valence-corrected chi connectivity index (χ0v) is 13.4. The molecule has 0 spiro atoms. The predicted octanol–water partition coefficient (Wildman–Crippen LogP) is 2.18. The summed E-state index contributed by atoms with van der Waals surface area (Å²) in [6.45, 7) is 12.7. The van der Waals surface area contributed by atoms with E-state index in [0.29, 0.717) is 12.5 Å². The first kappa shape index (κ1) is 16.9. The first-order chi connectivity index (χ1) is 9.63. The highest BCUT2D eigenvalue weighted by Gasteiger charge is 2.14. The quantitative estimate of drug-likeness (QED) is 0.751. The van der Waals surface area contributed by atoms with Gasteiger partial charge in [0.15, 0.2) is 0 Å². The van der Waals surface area contributed by atoms with Crippen molar-refractivity contribution >= 4 is 5.69 Å². The molecule has 0 atom stereocenters. The van der Waals surface area contributed by atoms with Crippen LogP contribution in [0.1, 0.15) is 45.1 Å². The number of nitrogens with one attached hydrogen (secondary N) is 1. The van der Waals surface area contributed by atoms with Gasteiger partial charge in [-0.15, -0.1) is 0 Å². The smallest absolute Gasteiger partial charge is 0.131 e. The van der Waals surface area contributed by atoms with Gasteiger partial charge >= 0.3 is 0 Å². The number of nitrogens with zero attached hydrogens (tertiary/aromatic N) is 3. The molecule has 0 fully saturated rings. The standard InChI is InChI=1S/C15H28N4O/c1-6-16-10-13-14(19(7-2)8-9-20-5)11-17-15(18-13)12(3)4/h11-12,16H,6-10H2,1-5H3. The van der Waals surface area contributed by atoms with Gasteiger partial charge in [0.1, 0.15) is 5.82 Å². The molecule has 5 nitrogen and oxygen atoms in total. The Morgan fingerprint density at radius 1 is 1.35 bits per heavy atom. The first-order valence-corrected chi connectivity index (χ1v) is 7.44. The van der Waals surface area contributed by atoms with Crippen LogP contribution < -0.4 is 10.2 Å². The lowest BCUT2D eigenvalue weighted by atomic mass is 10.2. The lowest BCUT2D eigenvalue weighted by Gasteiger charge is -2.25. The molecule has 1 aromatic rings. The van der Waals surface area contributed by atoms with E-state index < -0.39 is 0 Å². The molecule has 0 saturated heterocycles. The Morgan fingerprint density at radius 3 is 2.65 bits per heavy atom. The number of aromatic nitrogens is 2. The minimum absolute atomic E-state index is 0.346. The molecule has 1 rings (SSSR count). The van der Waals surface area contributed by atoms with Gasteiger partial charge in [-0.3, -0.25) is 0 Å². The lowest BCUT2D eigenvalue weighted by Crippen LogP contribution is -2.29. The molecule has 114 valence electrons. The second kappa shape index (κ2) is 8.87. The van der Waals surface area contributed by atoms with Crippen LogP contribution in [-0.2, 0) is 11.3 Å². The molecule has 1 N–H and O–H groups in total. The second-order valence-electron chi connectivity index (χ2n) is 5.07. The second-order valence-corrected chi connectivity index (χ2v) is 5.07. The first-order valence-electron chi connectivity index (χ1n) is 7.44. The average molecular weight is 280 g/mol. The van der Waals surface area contributed by atoms with E-state index in [4.69, 9.17) is 9.72 Å². The van der Waals surface area contributed by atoms with E-state index in [0.717, 1.165) is 43.4 Å². The molecule has 0 aromatic carbocycles. The van der Waals surface area contributed by atoms with Gasteiger partial charge < -0.3 is 15.0 Å². The molecular weight excluding hydrogens is 252 g/mol. The summed E-state index contributed by atoms with van der Waals surface area (Å²) in [6.07, 6.45) is 1.95. The van der Waals surface area contributed by atoms with E-state index in [2.05, 4.69) is 42.9 Å². The Hall–Kier alpha value is -1.20. The van der Waals surface area contributed by atoms with Crippen LogP contribution in [0.25, 0.3) is 0 Å². The summed E-state index contributed by atoms with van der Waals surface area (Å²) in [5.41, 5.74) is 2.18. The van der Waals surface area contributed by atoms with Crippen LogP contribution in [0.3, 0.4) is 0 Å². The van der Waals surface area contributed by atoms with Gasteiger partial charge in [0.2, 0.25) is 0 Å². The number of hydrogen-bond donors (Lipinski definition) is 1. The van der Waals surface area contributed by atoms with Gasteiger partial charge in [-0.2, -0.15) is 0 Å². The van der Waals surface area contributed by atoms with Crippen LogP contribution in [0.5, 0.6) is 0 Å². The SMILES string of the molecule is CCNCc1nc(C(C)C)ncc1N(CC)CCOC. The molecule has 0 saturated carbocycles. The van der Waals surface area contributed by atoms with Crippen molar-refractivity contribution in [1.29, 1.82) is 0 Å². The summed E-state index contributed by atoms with van der Waals surface area (Å²) < 4.78 is 5.18. The molecule has 0 radical (unpaired) electrons. The summed E-state index contributed by atoms with van der Waals surface area (Å²) >= 11 is 0. The maximum atomic E-state index is 5.18. The topological polar surface area (TPSA) is 50.3 Å². The zero-order valence-electron chi connectivity index (χ0n) is 13.4. The van der Waals surface area contributed by atoms with Gasteiger partial charge in [-0.25, -0.2) is 9.97 Å². The molecular formula is C15H28N4O. The Balaban J connectivity index is 3.01. The monoisotopic (exact) mass is 280 g/mol. The van der Waals surface area contributed by atoms with Crippen molar-refractivity contribution in [3.63, 3.8) is 0 Å². The van der Waals surface area contributed by atoms with Crippen LogP contribution in [0.4, 0.5) is 5.69 Å². The van der Waals surface area contributed by atoms with Crippen molar-refractivity contribution in [3.8, 4) is 0 Å². The van der Waals surface area contributed by atoms with E-state index in [-0.39, 0.29) is 0 Å². The maximum absolute atomic E-state index is 5.18. The largest absolute Gasteiger partial charge is 0.383 e. The summed E-state index contributed by atoms with van der Waals surface area (Å²) in [4.78, 5) is 11.5. The molecule has 20 heavy (non-hydrogen) atoms. The van der Waals surface area contributed by atoms with Crippen molar-refractivity contribution < 1.29 is 4.74 Å². The van der Waals surface area contributed by atoms with Crippen molar-refractivity contribution in [2.24, 2.45) is 0 Å². The summed E-state index contributed by atoms with van der Waals surface area (Å²) in [7, 11) is 1.73. The van der Waals surface area contributed by atoms with Gasteiger partial charge in [0.05, 0.1) is 24.2 Å². The van der Waals surface area contributed by atoms with Crippen molar-refractivity contribution in [2.45, 2.75) is 40.2 Å². The van der Waals surface area contributed by atoms with Crippen LogP contribution in [0, 0.1) is 0 Å². The molecule has 1 aromatic heterocycles. The van der Waals surface area contributed by atoms with Crippen molar-refractivity contribution in [3.05, 3.63) is 17.7 Å². The fourth-order valence-electron chi connectivity index (χ4n) is 1.99. The number of rotatable bonds is 9. The van der Waals surface area contributed by atoms with E-state index >= 15 is 0 Å². The van der Waals surface area contributed by atoms with Crippen molar-refractivity contribution in [2.75, 3.05) is 38.3 Å². The van der Waals surface area contributed by atoms with Crippen LogP contribution in [0.2, 0.25) is 0 Å². The summed E-state index contributed by atoms with van der Waals surface area (Å²) in [5.74, 6) is 1.25. The highest BCUT2D eigenvalue weighted by molar-refractivity contribution is 5.49.